The van der Waals surface area contributed by atoms with Crippen molar-refractivity contribution in [2.24, 2.45) is 0 Å². The zero-order valence-electron chi connectivity index (χ0n) is 12.2. The van der Waals surface area contributed by atoms with Gasteiger partial charge in [-0.15, -0.1) is 0 Å². The predicted molar refractivity (Wildman–Crippen MR) is 75.9 cm³/mol. The van der Waals surface area contributed by atoms with E-state index < -0.39 is 17.2 Å². The molecule has 0 saturated heterocycles. The lowest BCUT2D eigenvalue weighted by Crippen LogP contribution is -2.42. The fraction of sp³-hybridized carbons (Fsp3) is 0.562. The molecule has 0 bridgehead atoms. The maximum absolute atomic E-state index is 13.3. The second-order valence-electron chi connectivity index (χ2n) is 5.72. The van der Waals surface area contributed by atoms with Gasteiger partial charge in [-0.2, -0.15) is 5.26 Å². The third-order valence-electron chi connectivity index (χ3n) is 3.58. The van der Waals surface area contributed by atoms with E-state index in [9.17, 15) is 14.0 Å². The van der Waals surface area contributed by atoms with Crippen LogP contribution >= 0.6 is 0 Å². The summed E-state index contributed by atoms with van der Waals surface area (Å²) in [6.45, 7) is 2.13. The fourth-order valence-electron chi connectivity index (χ4n) is 2.21. The molecule has 114 valence electrons. The number of nitrogens with one attached hydrogen (secondary N) is 1. The molecule has 1 saturated carbocycles. The Kier molecular flexibility index (Phi) is 5.13. The van der Waals surface area contributed by atoms with Crippen molar-refractivity contribution in [2.75, 3.05) is 6.61 Å². The molecule has 0 aliphatic heterocycles. The van der Waals surface area contributed by atoms with Gasteiger partial charge in [0.1, 0.15) is 5.54 Å². The second-order valence-corrected chi connectivity index (χ2v) is 5.72. The highest BCUT2D eigenvalue weighted by Crippen LogP contribution is 2.25. The highest BCUT2D eigenvalue weighted by Gasteiger charge is 2.31. The van der Waals surface area contributed by atoms with Gasteiger partial charge in [0.2, 0.25) is 0 Å². The van der Waals surface area contributed by atoms with Gasteiger partial charge in [0.25, 0.3) is 0 Å². The molecule has 1 fully saturated rings. The standard InChI is InChI=1S/C16H20F2N2O/c1-16(11-19,20-12-7-8-12)9-2-3-10-21-15-13(17)5-4-6-14(15)18/h4-6,12,20H,2-3,7-10H2,1H3. The molecular formula is C16H20F2N2O. The van der Waals surface area contributed by atoms with Crippen LogP contribution in [0.3, 0.4) is 0 Å². The van der Waals surface area contributed by atoms with Crippen molar-refractivity contribution < 1.29 is 13.5 Å². The van der Waals surface area contributed by atoms with E-state index in [-0.39, 0.29) is 12.4 Å². The SMILES string of the molecule is CC(C#N)(CCCCOc1c(F)cccc1F)NC1CC1. The number of hydrogen-bond donors (Lipinski definition) is 1. The number of halogens is 2. The molecule has 1 aromatic carbocycles. The predicted octanol–water partition coefficient (Wildman–Crippen LogP) is 3.55. The van der Waals surface area contributed by atoms with Crippen molar-refractivity contribution in [1.82, 2.24) is 5.32 Å². The van der Waals surface area contributed by atoms with Gasteiger partial charge in [0.15, 0.2) is 17.4 Å². The summed E-state index contributed by atoms with van der Waals surface area (Å²) in [5, 5.41) is 12.5. The zero-order valence-corrected chi connectivity index (χ0v) is 12.2. The molecule has 1 aromatic rings. The summed E-state index contributed by atoms with van der Waals surface area (Å²) >= 11 is 0. The largest absolute Gasteiger partial charge is 0.488 e. The van der Waals surface area contributed by atoms with Gasteiger partial charge in [-0.05, 0) is 51.2 Å². The van der Waals surface area contributed by atoms with E-state index in [1.807, 2.05) is 6.92 Å². The molecule has 0 aromatic heterocycles. The lowest BCUT2D eigenvalue weighted by atomic mass is 9.96. The van der Waals surface area contributed by atoms with Gasteiger partial charge in [-0.25, -0.2) is 8.78 Å². The van der Waals surface area contributed by atoms with Crippen LogP contribution in [0.5, 0.6) is 5.75 Å². The fourth-order valence-corrected chi connectivity index (χ4v) is 2.21. The number of nitriles is 1. The molecule has 1 atom stereocenters. The molecular weight excluding hydrogens is 274 g/mol. The van der Waals surface area contributed by atoms with E-state index in [1.165, 1.54) is 18.2 Å². The van der Waals surface area contributed by atoms with Crippen LogP contribution in [-0.2, 0) is 0 Å². The van der Waals surface area contributed by atoms with E-state index in [1.54, 1.807) is 0 Å². The normalized spacial score (nSPS) is 17.0. The summed E-state index contributed by atoms with van der Waals surface area (Å²) in [6, 6.07) is 6.42. The monoisotopic (exact) mass is 294 g/mol. The maximum Gasteiger partial charge on any atom is 0.190 e. The molecule has 0 spiro atoms. The molecule has 3 nitrogen and oxygen atoms in total. The Balaban J connectivity index is 1.71. The Hall–Kier alpha value is -1.67. The van der Waals surface area contributed by atoms with Crippen molar-refractivity contribution in [2.45, 2.75) is 50.6 Å². The molecule has 1 aliphatic rings. The smallest absolute Gasteiger partial charge is 0.190 e. The summed E-state index contributed by atoms with van der Waals surface area (Å²) in [4.78, 5) is 0. The van der Waals surface area contributed by atoms with Crippen molar-refractivity contribution in [1.29, 1.82) is 5.26 Å². The quantitative estimate of drug-likeness (QED) is 0.746. The molecule has 0 radical (unpaired) electrons. The highest BCUT2D eigenvalue weighted by molar-refractivity contribution is 5.25. The van der Waals surface area contributed by atoms with E-state index in [2.05, 4.69) is 11.4 Å². The third kappa shape index (κ3) is 4.68. The van der Waals surface area contributed by atoms with E-state index >= 15 is 0 Å². The number of hydrogen-bond acceptors (Lipinski definition) is 3. The molecule has 21 heavy (non-hydrogen) atoms. The van der Waals surface area contributed by atoms with Gasteiger partial charge in [-0.3, -0.25) is 5.32 Å². The average Bonchev–Trinajstić information content (AvgIpc) is 3.25. The van der Waals surface area contributed by atoms with Crippen LogP contribution in [0.15, 0.2) is 18.2 Å². The van der Waals surface area contributed by atoms with Gasteiger partial charge in [0.05, 0.1) is 12.7 Å². The first-order valence-corrected chi connectivity index (χ1v) is 7.30. The van der Waals surface area contributed by atoms with Gasteiger partial charge >= 0.3 is 0 Å². The number of rotatable bonds is 8. The first kappa shape index (κ1) is 15.7. The van der Waals surface area contributed by atoms with Crippen LogP contribution in [0.2, 0.25) is 0 Å². The highest BCUT2D eigenvalue weighted by atomic mass is 19.1. The van der Waals surface area contributed by atoms with E-state index in [4.69, 9.17) is 4.74 Å². The summed E-state index contributed by atoms with van der Waals surface area (Å²) in [7, 11) is 0. The summed E-state index contributed by atoms with van der Waals surface area (Å²) in [6.07, 6.45) is 4.38. The lowest BCUT2D eigenvalue weighted by Gasteiger charge is -2.23. The minimum atomic E-state index is -0.688. The topological polar surface area (TPSA) is 45.0 Å². The Labute approximate surface area is 123 Å². The van der Waals surface area contributed by atoms with Crippen LogP contribution in [0.25, 0.3) is 0 Å². The molecule has 2 rings (SSSR count). The van der Waals surface area contributed by atoms with Crippen LogP contribution < -0.4 is 10.1 Å². The van der Waals surface area contributed by atoms with Crippen LogP contribution in [0, 0.1) is 23.0 Å². The Morgan fingerprint density at radius 3 is 2.57 bits per heavy atom. The first-order chi connectivity index (χ1) is 10.0. The number of benzene rings is 1. The van der Waals surface area contributed by atoms with Crippen molar-refractivity contribution in [3.05, 3.63) is 29.8 Å². The summed E-state index contributed by atoms with van der Waals surface area (Å²) in [5.41, 5.74) is -0.523. The van der Waals surface area contributed by atoms with Crippen LogP contribution in [-0.4, -0.2) is 18.2 Å². The molecule has 5 heteroatoms. The van der Waals surface area contributed by atoms with E-state index in [0.717, 1.165) is 19.3 Å². The third-order valence-corrected chi connectivity index (χ3v) is 3.58. The van der Waals surface area contributed by atoms with Crippen LogP contribution in [0.1, 0.15) is 39.0 Å². The molecule has 1 N–H and O–H groups in total. The average molecular weight is 294 g/mol. The van der Waals surface area contributed by atoms with Crippen LogP contribution in [0.4, 0.5) is 8.78 Å². The van der Waals surface area contributed by atoms with Gasteiger partial charge in [0, 0.05) is 6.04 Å². The number of para-hydroxylation sites is 1. The lowest BCUT2D eigenvalue weighted by molar-refractivity contribution is 0.269. The molecule has 0 amide bonds. The molecule has 0 heterocycles. The van der Waals surface area contributed by atoms with Crippen molar-refractivity contribution in [3.8, 4) is 11.8 Å². The first-order valence-electron chi connectivity index (χ1n) is 7.30. The molecule has 1 aliphatic carbocycles. The molecule has 1 unspecified atom stereocenters. The summed E-state index contributed by atoms with van der Waals surface area (Å²) < 4.78 is 31.8. The minimum absolute atomic E-state index is 0.239. The zero-order chi connectivity index (χ0) is 15.3. The summed E-state index contributed by atoms with van der Waals surface area (Å²) in [5.74, 6) is -1.70. The van der Waals surface area contributed by atoms with Crippen molar-refractivity contribution in [3.63, 3.8) is 0 Å². The second kappa shape index (κ2) is 6.86. The Bertz CT molecular complexity index is 505. The minimum Gasteiger partial charge on any atom is -0.488 e. The number of nitrogens with zero attached hydrogens (tertiary/aromatic N) is 1. The van der Waals surface area contributed by atoms with Crippen molar-refractivity contribution >= 4 is 0 Å². The maximum atomic E-state index is 13.3. The Morgan fingerprint density at radius 1 is 1.33 bits per heavy atom. The number of ether oxygens (including phenoxy) is 1. The van der Waals surface area contributed by atoms with Gasteiger partial charge in [-0.1, -0.05) is 6.07 Å². The Morgan fingerprint density at radius 2 is 2.00 bits per heavy atom. The number of unbranched alkanes of at least 4 members (excludes halogenated alkanes) is 1. The van der Waals surface area contributed by atoms with Gasteiger partial charge < -0.3 is 4.74 Å². The van der Waals surface area contributed by atoms with E-state index in [0.29, 0.717) is 18.9 Å².